The van der Waals surface area contributed by atoms with Crippen molar-refractivity contribution in [1.29, 1.82) is 0 Å². The number of fused-ring (bicyclic) bond motifs is 2. The number of hydrogen-bond donors (Lipinski definition) is 1. The number of nitrogens with zero attached hydrogens (tertiary/aromatic N) is 3. The van der Waals surface area contributed by atoms with Crippen molar-refractivity contribution in [2.24, 2.45) is 5.10 Å². The lowest BCUT2D eigenvalue weighted by molar-refractivity contribution is -0.118. The minimum absolute atomic E-state index is 0.223. The summed E-state index contributed by atoms with van der Waals surface area (Å²) >= 11 is 0. The van der Waals surface area contributed by atoms with Gasteiger partial charge in [-0.15, -0.1) is 6.58 Å². The summed E-state index contributed by atoms with van der Waals surface area (Å²) in [4.78, 5) is 31.1. The quantitative estimate of drug-likeness (QED) is 0.132. The molecule has 2 heterocycles. The summed E-state index contributed by atoms with van der Waals surface area (Å²) in [6.45, 7) is 3.63. The number of carbonyl (C=O) groups excluding carboxylic acids is 1. The summed E-state index contributed by atoms with van der Waals surface area (Å²) in [5, 5.41) is 8.53. The number of ether oxygens (including phenoxy) is 3. The summed E-state index contributed by atoms with van der Waals surface area (Å²) in [5.41, 5.74) is 2.73. The van der Waals surface area contributed by atoms with Crippen molar-refractivity contribution in [2.75, 3.05) is 26.1 Å². The molecule has 46 heavy (non-hydrogen) atoms. The van der Waals surface area contributed by atoms with E-state index in [0.29, 0.717) is 57.2 Å². The van der Waals surface area contributed by atoms with Crippen molar-refractivity contribution in [1.82, 2.24) is 9.66 Å². The average molecular weight is 615 g/mol. The van der Waals surface area contributed by atoms with Gasteiger partial charge in [-0.05, 0) is 66.6 Å². The molecule has 0 saturated heterocycles. The second-order valence-corrected chi connectivity index (χ2v) is 10.2. The van der Waals surface area contributed by atoms with Gasteiger partial charge in [0.15, 0.2) is 23.9 Å². The fourth-order valence-electron chi connectivity index (χ4n) is 5.07. The Morgan fingerprint density at radius 3 is 2.52 bits per heavy atom. The lowest BCUT2D eigenvalue weighted by Crippen LogP contribution is -2.21. The number of furan rings is 1. The van der Waals surface area contributed by atoms with Crippen LogP contribution >= 0.6 is 0 Å². The van der Waals surface area contributed by atoms with Crippen LogP contribution in [-0.2, 0) is 11.2 Å². The van der Waals surface area contributed by atoms with E-state index in [1.165, 1.54) is 18.0 Å². The van der Waals surface area contributed by atoms with Crippen LogP contribution in [0.15, 0.2) is 118 Å². The van der Waals surface area contributed by atoms with Crippen LogP contribution in [0.25, 0.3) is 33.5 Å². The van der Waals surface area contributed by atoms with Gasteiger partial charge in [0.2, 0.25) is 5.82 Å². The number of benzene rings is 4. The van der Waals surface area contributed by atoms with E-state index in [9.17, 15) is 9.59 Å². The number of amides is 1. The summed E-state index contributed by atoms with van der Waals surface area (Å²) in [5.74, 6) is 1.68. The summed E-state index contributed by atoms with van der Waals surface area (Å²) < 4.78 is 24.4. The molecular formula is C36H30N4O6. The molecule has 0 spiro atoms. The molecule has 0 aliphatic rings. The maximum Gasteiger partial charge on any atom is 0.282 e. The summed E-state index contributed by atoms with van der Waals surface area (Å²) in [6.07, 6.45) is 3.68. The smallest absolute Gasteiger partial charge is 0.282 e. The maximum atomic E-state index is 13.8. The molecule has 10 heteroatoms. The number of allylic oxidation sites excluding steroid dienone is 1. The highest BCUT2D eigenvalue weighted by molar-refractivity contribution is 5.92. The third kappa shape index (κ3) is 6.09. The minimum Gasteiger partial charge on any atom is -0.496 e. The number of para-hydroxylation sites is 2. The molecule has 0 aliphatic heterocycles. The second kappa shape index (κ2) is 13.2. The highest BCUT2D eigenvalue weighted by Crippen LogP contribution is 2.34. The molecule has 6 rings (SSSR count). The molecule has 1 N–H and O–H groups in total. The lowest BCUT2D eigenvalue weighted by atomic mass is 10.1. The molecule has 6 aromatic rings. The molecule has 1 amide bonds. The first-order chi connectivity index (χ1) is 22.5. The molecule has 0 atom stereocenters. The predicted octanol–water partition coefficient (Wildman–Crippen LogP) is 6.46. The van der Waals surface area contributed by atoms with Crippen molar-refractivity contribution in [3.63, 3.8) is 0 Å². The number of nitrogens with one attached hydrogen (secondary N) is 1. The number of rotatable bonds is 11. The monoisotopic (exact) mass is 614 g/mol. The maximum absolute atomic E-state index is 13.8. The van der Waals surface area contributed by atoms with Gasteiger partial charge < -0.3 is 23.9 Å². The Balaban J connectivity index is 1.38. The highest BCUT2D eigenvalue weighted by atomic mass is 16.5. The van der Waals surface area contributed by atoms with Crippen molar-refractivity contribution in [2.45, 2.75) is 6.42 Å². The third-order valence-corrected chi connectivity index (χ3v) is 7.18. The van der Waals surface area contributed by atoms with E-state index < -0.39 is 0 Å². The number of methoxy groups -OCH3 is 2. The zero-order chi connectivity index (χ0) is 32.0. The van der Waals surface area contributed by atoms with E-state index in [1.54, 1.807) is 55.7 Å². The fraction of sp³-hybridized carbons (Fsp3) is 0.111. The zero-order valence-electron chi connectivity index (χ0n) is 25.2. The largest absolute Gasteiger partial charge is 0.496 e. The molecule has 230 valence electrons. The van der Waals surface area contributed by atoms with Crippen LogP contribution in [0.3, 0.4) is 0 Å². The van der Waals surface area contributed by atoms with Crippen LogP contribution in [0.5, 0.6) is 17.2 Å². The fourth-order valence-corrected chi connectivity index (χ4v) is 5.07. The Kier molecular flexibility index (Phi) is 8.60. The second-order valence-electron chi connectivity index (χ2n) is 10.2. The number of hydrogen-bond acceptors (Lipinski definition) is 8. The standard InChI is InChI=1S/C36H30N4O6/c1-4-11-24-18-23(19-31(44-3)34(24)45-22-33(41)38-25-12-6-5-7-13-25)21-37-40-35(39-28-15-9-8-14-26(28)36(40)42)32-20-27-29(43-2)16-10-17-30(27)46-32/h4-10,12-21H,1,11,22H2,2-3H3,(H,38,41). The molecule has 0 radical (unpaired) electrons. The Morgan fingerprint density at radius 1 is 0.957 bits per heavy atom. The van der Waals surface area contributed by atoms with Crippen LogP contribution in [-0.4, -0.2) is 42.6 Å². The Bertz CT molecular complexity index is 2150. The van der Waals surface area contributed by atoms with Gasteiger partial charge in [-0.3, -0.25) is 9.59 Å². The number of anilines is 1. The summed E-state index contributed by atoms with van der Waals surface area (Å²) in [7, 11) is 3.09. The molecular weight excluding hydrogens is 584 g/mol. The third-order valence-electron chi connectivity index (χ3n) is 7.18. The molecule has 2 aromatic heterocycles. The van der Waals surface area contributed by atoms with E-state index in [0.717, 1.165) is 10.9 Å². The first kappa shape index (κ1) is 29.9. The Hall–Kier alpha value is -6.16. The molecule has 0 aliphatic carbocycles. The van der Waals surface area contributed by atoms with E-state index in [1.807, 2.05) is 48.5 Å². The van der Waals surface area contributed by atoms with Crippen molar-refractivity contribution in [3.05, 3.63) is 125 Å². The molecule has 4 aromatic carbocycles. The van der Waals surface area contributed by atoms with E-state index in [2.05, 4.69) is 17.0 Å². The lowest BCUT2D eigenvalue weighted by Gasteiger charge is -2.16. The molecule has 0 saturated carbocycles. The summed E-state index contributed by atoms with van der Waals surface area (Å²) in [6, 6.07) is 27.0. The van der Waals surface area contributed by atoms with Crippen LogP contribution < -0.4 is 25.1 Å². The van der Waals surface area contributed by atoms with Crippen LogP contribution in [0, 0.1) is 0 Å². The van der Waals surface area contributed by atoms with Crippen LogP contribution in [0.2, 0.25) is 0 Å². The van der Waals surface area contributed by atoms with Gasteiger partial charge in [0, 0.05) is 11.3 Å². The van der Waals surface area contributed by atoms with Gasteiger partial charge in [0.25, 0.3) is 11.5 Å². The highest BCUT2D eigenvalue weighted by Gasteiger charge is 2.19. The van der Waals surface area contributed by atoms with Crippen LogP contribution in [0.1, 0.15) is 11.1 Å². The number of carbonyl (C=O) groups is 1. The van der Waals surface area contributed by atoms with Gasteiger partial charge in [-0.25, -0.2) is 4.98 Å². The molecule has 0 fully saturated rings. The predicted molar refractivity (Wildman–Crippen MR) is 178 cm³/mol. The van der Waals surface area contributed by atoms with E-state index >= 15 is 0 Å². The van der Waals surface area contributed by atoms with Crippen LogP contribution in [0.4, 0.5) is 5.69 Å². The van der Waals surface area contributed by atoms with Crippen molar-refractivity contribution < 1.29 is 23.4 Å². The topological polar surface area (TPSA) is 117 Å². The minimum atomic E-state index is -0.369. The van der Waals surface area contributed by atoms with E-state index in [-0.39, 0.29) is 23.9 Å². The SMILES string of the molecule is C=CCc1cc(C=Nn2c(-c3cc4c(OC)cccc4o3)nc3ccccc3c2=O)cc(OC)c1OCC(=O)Nc1ccccc1. The van der Waals surface area contributed by atoms with Gasteiger partial charge in [-0.2, -0.15) is 9.78 Å². The average Bonchev–Trinajstić information content (AvgIpc) is 3.52. The van der Waals surface area contributed by atoms with Crippen molar-refractivity contribution >= 4 is 39.7 Å². The zero-order valence-corrected chi connectivity index (χ0v) is 25.2. The molecule has 0 bridgehead atoms. The molecule has 10 nitrogen and oxygen atoms in total. The van der Waals surface area contributed by atoms with Crippen molar-refractivity contribution in [3.8, 4) is 28.8 Å². The first-order valence-corrected chi connectivity index (χ1v) is 14.4. The van der Waals surface area contributed by atoms with E-state index in [4.69, 9.17) is 23.6 Å². The Morgan fingerprint density at radius 2 is 1.74 bits per heavy atom. The van der Waals surface area contributed by atoms with Gasteiger partial charge in [-0.1, -0.05) is 42.5 Å². The van der Waals surface area contributed by atoms with Gasteiger partial charge in [0.1, 0.15) is 11.3 Å². The van der Waals surface area contributed by atoms with Gasteiger partial charge >= 0.3 is 0 Å². The first-order valence-electron chi connectivity index (χ1n) is 14.4. The van der Waals surface area contributed by atoms with Gasteiger partial charge in [0.05, 0.1) is 36.7 Å². The molecule has 0 unspecified atom stereocenters. The normalized spacial score (nSPS) is 11.2. The number of aromatic nitrogens is 2. The Labute approximate surface area is 264 Å².